The van der Waals surface area contributed by atoms with Gasteiger partial charge in [0.15, 0.2) is 0 Å². The van der Waals surface area contributed by atoms with Gasteiger partial charge in [0.05, 0.1) is 15.9 Å². The molecule has 0 amide bonds. The molecule has 0 radical (unpaired) electrons. The molecule has 1 saturated heterocycles. The summed E-state index contributed by atoms with van der Waals surface area (Å²) in [6, 6.07) is 1.66. The third-order valence-electron chi connectivity index (χ3n) is 2.92. The van der Waals surface area contributed by atoms with Gasteiger partial charge in [0.25, 0.3) is 5.69 Å². The Bertz CT molecular complexity index is 545. The summed E-state index contributed by atoms with van der Waals surface area (Å²) in [7, 11) is 0. The molecule has 0 bridgehead atoms. The van der Waals surface area contributed by atoms with Crippen LogP contribution in [0.3, 0.4) is 0 Å². The predicted molar refractivity (Wildman–Crippen MR) is 69.7 cm³/mol. The first-order valence-electron chi connectivity index (χ1n) is 5.94. The van der Waals surface area contributed by atoms with Crippen LogP contribution in [0.25, 0.3) is 0 Å². The molecular formula is C12H12FNO5S. The van der Waals surface area contributed by atoms with Crippen molar-refractivity contribution in [3.05, 3.63) is 33.6 Å². The maximum Gasteiger partial charge on any atom is 0.338 e. The molecule has 1 aromatic rings. The van der Waals surface area contributed by atoms with Crippen LogP contribution in [0.4, 0.5) is 10.1 Å². The van der Waals surface area contributed by atoms with E-state index >= 15 is 0 Å². The van der Waals surface area contributed by atoms with E-state index in [0.717, 1.165) is 36.7 Å². The van der Waals surface area contributed by atoms with Crippen LogP contribution in [0.5, 0.6) is 0 Å². The number of nitro benzene ring substituents is 1. The second kappa shape index (κ2) is 6.19. The lowest BCUT2D eigenvalue weighted by Gasteiger charge is -2.09. The van der Waals surface area contributed by atoms with Crippen LogP contribution in [0.1, 0.15) is 23.2 Å². The minimum Gasteiger partial charge on any atom is -0.478 e. The van der Waals surface area contributed by atoms with Gasteiger partial charge < -0.3 is 9.84 Å². The quantitative estimate of drug-likeness (QED) is 0.511. The number of carboxylic acid groups (broad SMARTS) is 1. The second-order valence-electron chi connectivity index (χ2n) is 4.31. The summed E-state index contributed by atoms with van der Waals surface area (Å²) in [5.41, 5.74) is -1.09. The minimum absolute atomic E-state index is 0.00168. The van der Waals surface area contributed by atoms with E-state index in [0.29, 0.717) is 12.4 Å². The fourth-order valence-electron chi connectivity index (χ4n) is 1.92. The third-order valence-corrected chi connectivity index (χ3v) is 4.10. The number of hydrogen-bond donors (Lipinski definition) is 1. The SMILES string of the molecule is O=C(O)c1cc([N+](=O)[O-])c(SCC2CCCO2)cc1F. The lowest BCUT2D eigenvalue weighted by atomic mass is 10.2. The Morgan fingerprint density at radius 3 is 2.90 bits per heavy atom. The molecule has 0 saturated carbocycles. The molecule has 108 valence electrons. The van der Waals surface area contributed by atoms with Gasteiger partial charge >= 0.3 is 5.97 Å². The molecule has 2 rings (SSSR count). The molecule has 1 fully saturated rings. The smallest absolute Gasteiger partial charge is 0.338 e. The van der Waals surface area contributed by atoms with Crippen molar-refractivity contribution in [3.63, 3.8) is 0 Å². The average molecular weight is 301 g/mol. The number of ether oxygens (including phenoxy) is 1. The van der Waals surface area contributed by atoms with Crippen molar-refractivity contribution >= 4 is 23.4 Å². The Hall–Kier alpha value is -1.67. The molecule has 1 atom stereocenters. The number of nitrogens with zero attached hydrogens (tertiary/aromatic N) is 1. The van der Waals surface area contributed by atoms with Crippen molar-refractivity contribution in [2.45, 2.75) is 23.8 Å². The maximum absolute atomic E-state index is 13.6. The van der Waals surface area contributed by atoms with Gasteiger partial charge in [-0.1, -0.05) is 0 Å². The van der Waals surface area contributed by atoms with Crippen molar-refractivity contribution < 1.29 is 24.0 Å². The topological polar surface area (TPSA) is 89.7 Å². The minimum atomic E-state index is -1.53. The molecule has 6 nitrogen and oxygen atoms in total. The Morgan fingerprint density at radius 1 is 1.60 bits per heavy atom. The van der Waals surface area contributed by atoms with Gasteiger partial charge in [0.2, 0.25) is 0 Å². The number of rotatable bonds is 5. The summed E-state index contributed by atoms with van der Waals surface area (Å²) in [6.07, 6.45) is 1.82. The highest BCUT2D eigenvalue weighted by Crippen LogP contribution is 2.33. The highest BCUT2D eigenvalue weighted by molar-refractivity contribution is 7.99. The van der Waals surface area contributed by atoms with Crippen molar-refractivity contribution in [3.8, 4) is 0 Å². The molecule has 0 spiro atoms. The van der Waals surface area contributed by atoms with Crippen LogP contribution in [-0.2, 0) is 4.74 Å². The highest BCUT2D eigenvalue weighted by atomic mass is 32.2. The Morgan fingerprint density at radius 2 is 2.35 bits per heavy atom. The monoisotopic (exact) mass is 301 g/mol. The van der Waals surface area contributed by atoms with E-state index in [4.69, 9.17) is 9.84 Å². The van der Waals surface area contributed by atoms with E-state index in [-0.39, 0.29) is 11.0 Å². The molecule has 0 aromatic heterocycles. The number of nitro groups is 1. The van der Waals surface area contributed by atoms with E-state index in [9.17, 15) is 19.3 Å². The van der Waals surface area contributed by atoms with Crippen molar-refractivity contribution in [2.24, 2.45) is 0 Å². The van der Waals surface area contributed by atoms with Gasteiger partial charge in [-0.25, -0.2) is 9.18 Å². The van der Waals surface area contributed by atoms with Crippen LogP contribution in [-0.4, -0.2) is 34.5 Å². The first-order valence-corrected chi connectivity index (χ1v) is 6.93. The van der Waals surface area contributed by atoms with Crippen LogP contribution < -0.4 is 0 Å². The lowest BCUT2D eigenvalue weighted by molar-refractivity contribution is -0.387. The van der Waals surface area contributed by atoms with Crippen LogP contribution >= 0.6 is 11.8 Å². The number of carbonyl (C=O) groups is 1. The fraction of sp³-hybridized carbons (Fsp3) is 0.417. The van der Waals surface area contributed by atoms with Crippen LogP contribution in [0.15, 0.2) is 17.0 Å². The molecule has 8 heteroatoms. The van der Waals surface area contributed by atoms with E-state index in [1.807, 2.05) is 0 Å². The van der Waals surface area contributed by atoms with E-state index in [1.54, 1.807) is 0 Å². The molecule has 0 aliphatic carbocycles. The summed E-state index contributed by atoms with van der Waals surface area (Å²) in [5.74, 6) is -2.02. The second-order valence-corrected chi connectivity index (χ2v) is 5.37. The number of halogens is 1. The average Bonchev–Trinajstić information content (AvgIpc) is 2.88. The van der Waals surface area contributed by atoms with Crippen molar-refractivity contribution in [1.82, 2.24) is 0 Å². The predicted octanol–water partition coefficient (Wildman–Crippen LogP) is 2.70. The lowest BCUT2D eigenvalue weighted by Crippen LogP contribution is -2.09. The number of hydrogen-bond acceptors (Lipinski definition) is 5. The molecule has 1 unspecified atom stereocenters. The van der Waals surface area contributed by atoms with Crippen LogP contribution in [0.2, 0.25) is 0 Å². The first kappa shape index (κ1) is 14.7. The summed E-state index contributed by atoms with van der Waals surface area (Å²) in [4.78, 5) is 21.1. The van der Waals surface area contributed by atoms with Crippen LogP contribution in [0, 0.1) is 15.9 Å². The molecule has 1 aliphatic heterocycles. The van der Waals surface area contributed by atoms with Crippen molar-refractivity contribution in [1.29, 1.82) is 0 Å². The molecule has 1 heterocycles. The summed E-state index contributed by atoms with van der Waals surface area (Å²) >= 11 is 1.11. The normalized spacial score (nSPS) is 18.1. The summed E-state index contributed by atoms with van der Waals surface area (Å²) < 4.78 is 19.0. The fourth-order valence-corrected chi connectivity index (χ4v) is 3.02. The summed E-state index contributed by atoms with van der Waals surface area (Å²) in [5, 5.41) is 19.7. The van der Waals surface area contributed by atoms with E-state index < -0.39 is 28.0 Å². The zero-order valence-corrected chi connectivity index (χ0v) is 11.2. The third kappa shape index (κ3) is 3.26. The van der Waals surface area contributed by atoms with Gasteiger partial charge in [0.1, 0.15) is 11.4 Å². The van der Waals surface area contributed by atoms with Gasteiger partial charge in [-0.3, -0.25) is 10.1 Å². The zero-order chi connectivity index (χ0) is 14.7. The Labute approximate surface area is 118 Å². The van der Waals surface area contributed by atoms with Gasteiger partial charge in [-0.05, 0) is 18.9 Å². The zero-order valence-electron chi connectivity index (χ0n) is 10.4. The number of thioether (sulfide) groups is 1. The summed E-state index contributed by atoms with van der Waals surface area (Å²) in [6.45, 7) is 0.666. The highest BCUT2D eigenvalue weighted by Gasteiger charge is 2.24. The van der Waals surface area contributed by atoms with Crippen molar-refractivity contribution in [2.75, 3.05) is 12.4 Å². The number of carboxylic acids is 1. The molecule has 20 heavy (non-hydrogen) atoms. The Balaban J connectivity index is 2.23. The van der Waals surface area contributed by atoms with E-state index in [2.05, 4.69) is 0 Å². The standard InChI is InChI=1S/C12H12FNO5S/c13-9-5-11(20-6-7-2-1-3-19-7)10(14(17)18)4-8(9)12(15)16/h4-5,7H,1-3,6H2,(H,15,16). The first-order chi connectivity index (χ1) is 9.49. The van der Waals surface area contributed by atoms with Gasteiger partial charge in [-0.15, -0.1) is 11.8 Å². The molecule has 1 aromatic carbocycles. The van der Waals surface area contributed by atoms with E-state index in [1.165, 1.54) is 0 Å². The maximum atomic E-state index is 13.6. The number of aromatic carboxylic acids is 1. The van der Waals surface area contributed by atoms with Gasteiger partial charge in [-0.2, -0.15) is 0 Å². The molecule has 1 aliphatic rings. The van der Waals surface area contributed by atoms with Gasteiger partial charge in [0, 0.05) is 18.4 Å². The molecular weight excluding hydrogens is 289 g/mol. The largest absolute Gasteiger partial charge is 0.478 e. The number of benzene rings is 1. The Kier molecular flexibility index (Phi) is 4.56. The molecule has 1 N–H and O–H groups in total.